The fraction of sp³-hybridized carbons (Fsp3) is 0.636. The third kappa shape index (κ3) is 3.94. The van der Waals surface area contributed by atoms with E-state index >= 15 is 0 Å². The fourth-order valence-electron chi connectivity index (χ4n) is 1.35. The summed E-state index contributed by atoms with van der Waals surface area (Å²) in [5.74, 6) is -0.969. The Bertz CT molecular complexity index is 394. The molecule has 0 saturated heterocycles. The van der Waals surface area contributed by atoms with E-state index in [-0.39, 0.29) is 11.5 Å². The number of carboxylic acids is 1. The maximum atomic E-state index is 11.1. The molecule has 1 aromatic heterocycles. The zero-order chi connectivity index (χ0) is 13.5. The molecule has 0 spiro atoms. The van der Waals surface area contributed by atoms with Gasteiger partial charge in [0.05, 0.1) is 18.9 Å². The molecule has 0 aliphatic carbocycles. The second-order valence-electron chi connectivity index (χ2n) is 3.63. The molecule has 18 heavy (non-hydrogen) atoms. The number of hydrogen-bond acceptors (Lipinski definition) is 6. The molecule has 1 aromatic rings. The van der Waals surface area contributed by atoms with E-state index in [1.54, 1.807) is 0 Å². The highest BCUT2D eigenvalue weighted by molar-refractivity contribution is 7.17. The van der Waals surface area contributed by atoms with Crippen molar-refractivity contribution in [2.24, 2.45) is 0 Å². The van der Waals surface area contributed by atoms with Gasteiger partial charge >= 0.3 is 5.97 Å². The molecule has 6 nitrogen and oxygen atoms in total. The van der Waals surface area contributed by atoms with Gasteiger partial charge in [0.15, 0.2) is 5.13 Å². The molecule has 102 valence electrons. The van der Waals surface area contributed by atoms with Gasteiger partial charge in [0, 0.05) is 27.3 Å². The molecule has 0 saturated carbocycles. The van der Waals surface area contributed by atoms with Crippen LogP contribution in [0.15, 0.2) is 0 Å². The van der Waals surface area contributed by atoms with Crippen molar-refractivity contribution in [1.82, 2.24) is 4.98 Å². The number of aromatic nitrogens is 1. The van der Waals surface area contributed by atoms with Crippen LogP contribution >= 0.6 is 11.3 Å². The van der Waals surface area contributed by atoms with Crippen LogP contribution in [-0.2, 0) is 16.1 Å². The first-order chi connectivity index (χ1) is 8.60. The minimum atomic E-state index is -0.969. The summed E-state index contributed by atoms with van der Waals surface area (Å²) in [5.41, 5.74) is 0.466. The Balaban J connectivity index is 2.76. The van der Waals surface area contributed by atoms with Gasteiger partial charge in [-0.25, -0.2) is 9.78 Å². The first-order valence-corrected chi connectivity index (χ1v) is 6.42. The summed E-state index contributed by atoms with van der Waals surface area (Å²) >= 11 is 1.15. The lowest BCUT2D eigenvalue weighted by atomic mass is 10.4. The number of anilines is 1. The number of aromatic carboxylic acids is 1. The number of rotatable bonds is 8. The number of carboxylic acid groups (broad SMARTS) is 1. The molecule has 0 unspecified atom stereocenters. The van der Waals surface area contributed by atoms with Gasteiger partial charge in [-0.15, -0.1) is 0 Å². The number of hydrogen-bond donors (Lipinski definition) is 1. The molecule has 1 N–H and O–H groups in total. The molecule has 0 aliphatic rings. The summed E-state index contributed by atoms with van der Waals surface area (Å²) in [6.07, 6.45) is 0. The van der Waals surface area contributed by atoms with Gasteiger partial charge in [0.25, 0.3) is 0 Å². The van der Waals surface area contributed by atoms with Crippen molar-refractivity contribution in [2.45, 2.75) is 13.5 Å². The molecule has 0 fully saturated rings. The standard InChI is InChI=1S/C11H18N2O4S/c1-4-17-6-5-13(2)11-12-8(7-16-3)9(18-11)10(14)15/h4-7H2,1-3H3,(H,14,15). The van der Waals surface area contributed by atoms with Crippen molar-refractivity contribution >= 4 is 22.4 Å². The SMILES string of the molecule is CCOCCN(C)c1nc(COC)c(C(=O)O)s1. The molecule has 0 atom stereocenters. The van der Waals surface area contributed by atoms with Crippen LogP contribution in [0.2, 0.25) is 0 Å². The number of carbonyl (C=O) groups is 1. The van der Waals surface area contributed by atoms with Gasteiger partial charge in [-0.3, -0.25) is 0 Å². The third-order valence-corrected chi connectivity index (χ3v) is 3.46. The fourth-order valence-corrected chi connectivity index (χ4v) is 2.24. The first kappa shape index (κ1) is 14.9. The van der Waals surface area contributed by atoms with Crippen molar-refractivity contribution in [1.29, 1.82) is 0 Å². The molecule has 0 radical (unpaired) electrons. The van der Waals surface area contributed by atoms with Crippen LogP contribution < -0.4 is 4.90 Å². The lowest BCUT2D eigenvalue weighted by Crippen LogP contribution is -2.22. The molecular weight excluding hydrogens is 256 g/mol. The third-order valence-electron chi connectivity index (χ3n) is 2.26. The number of likely N-dealkylation sites (N-methyl/N-ethyl adjacent to an activating group) is 1. The van der Waals surface area contributed by atoms with Crippen LogP contribution in [0.4, 0.5) is 5.13 Å². The van der Waals surface area contributed by atoms with Gasteiger partial charge < -0.3 is 19.5 Å². The second-order valence-corrected chi connectivity index (χ2v) is 4.61. The molecule has 0 bridgehead atoms. The molecule has 1 heterocycles. The van der Waals surface area contributed by atoms with Crippen molar-refractivity contribution < 1.29 is 19.4 Å². The van der Waals surface area contributed by atoms with Crippen molar-refractivity contribution in [3.8, 4) is 0 Å². The van der Waals surface area contributed by atoms with Crippen LogP contribution in [-0.4, -0.2) is 50.0 Å². The quantitative estimate of drug-likeness (QED) is 0.724. The highest BCUT2D eigenvalue weighted by Crippen LogP contribution is 2.26. The minimum absolute atomic E-state index is 0.206. The van der Waals surface area contributed by atoms with Crippen LogP contribution in [0.3, 0.4) is 0 Å². The van der Waals surface area contributed by atoms with E-state index in [1.807, 2.05) is 18.9 Å². The zero-order valence-electron chi connectivity index (χ0n) is 10.8. The molecule has 1 rings (SSSR count). The van der Waals surface area contributed by atoms with E-state index in [1.165, 1.54) is 7.11 Å². The maximum absolute atomic E-state index is 11.1. The van der Waals surface area contributed by atoms with E-state index in [2.05, 4.69) is 4.98 Å². The summed E-state index contributed by atoms with van der Waals surface area (Å²) in [5, 5.41) is 9.74. The van der Waals surface area contributed by atoms with Gasteiger partial charge in [-0.1, -0.05) is 11.3 Å². The molecular formula is C11H18N2O4S. The number of methoxy groups -OCH3 is 1. The average molecular weight is 274 g/mol. The monoisotopic (exact) mass is 274 g/mol. The Morgan fingerprint density at radius 1 is 1.56 bits per heavy atom. The molecule has 0 amide bonds. The highest BCUT2D eigenvalue weighted by atomic mass is 32.1. The van der Waals surface area contributed by atoms with E-state index in [0.29, 0.717) is 30.6 Å². The summed E-state index contributed by atoms with van der Waals surface area (Å²) in [4.78, 5) is 17.5. The predicted octanol–water partition coefficient (Wildman–Crippen LogP) is 1.46. The number of nitrogens with zero attached hydrogens (tertiary/aromatic N) is 2. The van der Waals surface area contributed by atoms with Crippen LogP contribution in [0.5, 0.6) is 0 Å². The maximum Gasteiger partial charge on any atom is 0.347 e. The van der Waals surface area contributed by atoms with E-state index in [0.717, 1.165) is 11.3 Å². The molecule has 7 heteroatoms. The number of thiazole rings is 1. The van der Waals surface area contributed by atoms with Gasteiger partial charge in [0.2, 0.25) is 0 Å². The minimum Gasteiger partial charge on any atom is -0.477 e. The first-order valence-electron chi connectivity index (χ1n) is 5.61. The lowest BCUT2D eigenvalue weighted by Gasteiger charge is -2.14. The smallest absolute Gasteiger partial charge is 0.347 e. The van der Waals surface area contributed by atoms with Gasteiger partial charge in [-0.05, 0) is 6.92 Å². The van der Waals surface area contributed by atoms with E-state index in [9.17, 15) is 4.79 Å². The summed E-state index contributed by atoms with van der Waals surface area (Å²) in [6, 6.07) is 0. The lowest BCUT2D eigenvalue weighted by molar-refractivity contribution is 0.0697. The Morgan fingerprint density at radius 3 is 2.83 bits per heavy atom. The zero-order valence-corrected chi connectivity index (χ0v) is 11.6. The summed E-state index contributed by atoms with van der Waals surface area (Å²) in [6.45, 7) is 4.07. The number of ether oxygens (including phenoxy) is 2. The van der Waals surface area contributed by atoms with Crippen LogP contribution in [0.1, 0.15) is 22.3 Å². The Hall–Kier alpha value is -1.18. The van der Waals surface area contributed by atoms with Gasteiger partial charge in [0.1, 0.15) is 4.88 Å². The van der Waals surface area contributed by atoms with Crippen molar-refractivity contribution in [3.63, 3.8) is 0 Å². The van der Waals surface area contributed by atoms with E-state index in [4.69, 9.17) is 14.6 Å². The largest absolute Gasteiger partial charge is 0.477 e. The Kier molecular flexibility index (Phi) is 6.03. The Morgan fingerprint density at radius 2 is 2.28 bits per heavy atom. The topological polar surface area (TPSA) is 71.9 Å². The summed E-state index contributed by atoms with van der Waals surface area (Å²) < 4.78 is 10.2. The van der Waals surface area contributed by atoms with Crippen molar-refractivity contribution in [2.75, 3.05) is 38.8 Å². The summed E-state index contributed by atoms with van der Waals surface area (Å²) in [7, 11) is 3.38. The molecule has 0 aromatic carbocycles. The second kappa shape index (κ2) is 7.30. The average Bonchev–Trinajstić information content (AvgIpc) is 2.74. The normalized spacial score (nSPS) is 10.6. The van der Waals surface area contributed by atoms with Crippen LogP contribution in [0.25, 0.3) is 0 Å². The van der Waals surface area contributed by atoms with E-state index < -0.39 is 5.97 Å². The Labute approximate surface area is 110 Å². The highest BCUT2D eigenvalue weighted by Gasteiger charge is 2.18. The van der Waals surface area contributed by atoms with Crippen LogP contribution in [0, 0.1) is 0 Å². The van der Waals surface area contributed by atoms with Crippen molar-refractivity contribution in [3.05, 3.63) is 10.6 Å². The van der Waals surface area contributed by atoms with Gasteiger partial charge in [-0.2, -0.15) is 0 Å². The molecule has 0 aliphatic heterocycles. The predicted molar refractivity (Wildman–Crippen MR) is 69.5 cm³/mol.